The first-order valence-corrected chi connectivity index (χ1v) is 6.96. The van der Waals surface area contributed by atoms with Gasteiger partial charge in [0.2, 0.25) is 0 Å². The highest BCUT2D eigenvalue weighted by atomic mass is 79.9. The Morgan fingerprint density at radius 1 is 1.32 bits per heavy atom. The van der Waals surface area contributed by atoms with Crippen molar-refractivity contribution in [3.05, 3.63) is 40.8 Å². The molecule has 5 heteroatoms. The number of hydrogen-bond donors (Lipinski definition) is 2. The van der Waals surface area contributed by atoms with Crippen LogP contribution in [0.2, 0.25) is 0 Å². The highest BCUT2D eigenvalue weighted by Gasteiger charge is 2.48. The monoisotopic (exact) mass is 320 g/mol. The third-order valence-corrected chi connectivity index (χ3v) is 4.33. The fraction of sp³-hybridized carbons (Fsp3) is 0.286. The maximum Gasteiger partial charge on any atom is 0.317 e. The first-order chi connectivity index (χ1) is 9.12. The summed E-state index contributed by atoms with van der Waals surface area (Å²) in [5.74, 6) is -0.209. The van der Waals surface area contributed by atoms with Crippen LogP contribution in [-0.2, 0) is 10.2 Å². The molecule has 3 rings (SSSR count). The van der Waals surface area contributed by atoms with Crippen LogP contribution in [0.5, 0.6) is 0 Å². The van der Waals surface area contributed by atoms with E-state index in [0.717, 1.165) is 22.2 Å². The van der Waals surface area contributed by atoms with E-state index in [1.165, 1.54) is 0 Å². The molecule has 2 aromatic rings. The number of hydrogen-bond acceptors (Lipinski definition) is 2. The van der Waals surface area contributed by atoms with Crippen LogP contribution in [-0.4, -0.2) is 21.0 Å². The molecule has 1 aromatic carbocycles. The number of rotatable bonds is 3. The van der Waals surface area contributed by atoms with Gasteiger partial charge in [0.1, 0.15) is 11.2 Å². The average molecular weight is 321 g/mol. The zero-order chi connectivity index (χ0) is 13.5. The van der Waals surface area contributed by atoms with Gasteiger partial charge in [0.25, 0.3) is 0 Å². The molecule has 0 bridgehead atoms. The number of carboxylic acid groups (broad SMARTS) is 1. The van der Waals surface area contributed by atoms with E-state index in [0.29, 0.717) is 18.7 Å². The largest absolute Gasteiger partial charge is 0.480 e. The fourth-order valence-electron chi connectivity index (χ4n) is 2.42. The Bertz CT molecular complexity index is 615. The molecule has 0 spiro atoms. The van der Waals surface area contributed by atoms with E-state index in [-0.39, 0.29) is 0 Å². The minimum atomic E-state index is -0.798. The number of carbonyl (C=O) groups is 1. The highest BCUT2D eigenvalue weighted by Crippen LogP contribution is 2.43. The van der Waals surface area contributed by atoms with Crippen molar-refractivity contribution in [3.8, 4) is 11.3 Å². The average Bonchev–Trinajstić information content (AvgIpc) is 2.77. The molecule has 1 aliphatic carbocycles. The number of aliphatic carboxylic acids is 1. The molecule has 0 unspecified atom stereocenters. The third kappa shape index (κ3) is 1.98. The smallest absolute Gasteiger partial charge is 0.317 e. The van der Waals surface area contributed by atoms with Crippen molar-refractivity contribution >= 4 is 21.9 Å². The third-order valence-electron chi connectivity index (χ3n) is 3.80. The molecule has 1 heterocycles. The van der Waals surface area contributed by atoms with Crippen LogP contribution in [0.25, 0.3) is 11.3 Å². The van der Waals surface area contributed by atoms with Gasteiger partial charge in [-0.15, -0.1) is 0 Å². The van der Waals surface area contributed by atoms with Crippen LogP contribution in [0.15, 0.2) is 34.9 Å². The molecule has 0 radical (unpaired) electrons. The number of halogens is 1. The summed E-state index contributed by atoms with van der Waals surface area (Å²) in [5, 5.41) is 9.39. The van der Waals surface area contributed by atoms with Crippen LogP contribution in [0.1, 0.15) is 25.1 Å². The zero-order valence-corrected chi connectivity index (χ0v) is 11.8. The predicted octanol–water partition coefficient (Wildman–Crippen LogP) is 3.35. The minimum absolute atomic E-state index is 0.573. The van der Waals surface area contributed by atoms with E-state index in [2.05, 4.69) is 25.9 Å². The number of aromatic amines is 1. The van der Waals surface area contributed by atoms with Gasteiger partial charge < -0.3 is 10.1 Å². The standard InChI is InChI=1S/C14H13BrN2O2/c15-10-4-2-9(3-5-10)11-8-16-12(17-11)14(13(18)19)6-1-7-14/h2-5,8H,1,6-7H2,(H,16,17)(H,18,19). The van der Waals surface area contributed by atoms with Gasteiger partial charge in [-0.25, -0.2) is 4.98 Å². The van der Waals surface area contributed by atoms with Crippen molar-refractivity contribution < 1.29 is 9.90 Å². The number of benzene rings is 1. The molecule has 4 nitrogen and oxygen atoms in total. The van der Waals surface area contributed by atoms with E-state index in [4.69, 9.17) is 0 Å². The van der Waals surface area contributed by atoms with Gasteiger partial charge in [0.05, 0.1) is 11.9 Å². The fourth-order valence-corrected chi connectivity index (χ4v) is 2.69. The SMILES string of the molecule is O=C(O)C1(c2ncc(-c3ccc(Br)cc3)[nH]2)CCC1. The number of imidazole rings is 1. The first kappa shape index (κ1) is 12.4. The molecule has 1 saturated carbocycles. The van der Waals surface area contributed by atoms with Crippen LogP contribution in [0.3, 0.4) is 0 Å². The molecular formula is C14H13BrN2O2. The van der Waals surface area contributed by atoms with Crippen molar-refractivity contribution in [2.24, 2.45) is 0 Å². The number of carboxylic acids is 1. The highest BCUT2D eigenvalue weighted by molar-refractivity contribution is 9.10. The number of aromatic nitrogens is 2. The molecule has 1 aliphatic rings. The molecule has 0 saturated heterocycles. The number of nitrogens with zero attached hydrogens (tertiary/aromatic N) is 1. The molecular weight excluding hydrogens is 308 g/mol. The van der Waals surface area contributed by atoms with E-state index in [9.17, 15) is 9.90 Å². The lowest BCUT2D eigenvalue weighted by molar-refractivity contribution is -0.147. The Hall–Kier alpha value is -1.62. The lowest BCUT2D eigenvalue weighted by atomic mass is 9.68. The molecule has 0 atom stereocenters. The topological polar surface area (TPSA) is 66.0 Å². The van der Waals surface area contributed by atoms with Crippen molar-refractivity contribution in [3.63, 3.8) is 0 Å². The van der Waals surface area contributed by atoms with Crippen LogP contribution in [0, 0.1) is 0 Å². The van der Waals surface area contributed by atoms with Crippen LogP contribution < -0.4 is 0 Å². The second kappa shape index (κ2) is 4.49. The van der Waals surface area contributed by atoms with E-state index >= 15 is 0 Å². The van der Waals surface area contributed by atoms with Crippen molar-refractivity contribution in [1.29, 1.82) is 0 Å². The Kier molecular flexibility index (Phi) is 2.93. The Morgan fingerprint density at radius 2 is 2.00 bits per heavy atom. The van der Waals surface area contributed by atoms with Crippen molar-refractivity contribution in [2.75, 3.05) is 0 Å². The summed E-state index contributed by atoms with van der Waals surface area (Å²) >= 11 is 3.39. The van der Waals surface area contributed by atoms with Gasteiger partial charge in [0.15, 0.2) is 0 Å². The summed E-state index contributed by atoms with van der Waals surface area (Å²) in [4.78, 5) is 18.9. The number of nitrogens with one attached hydrogen (secondary N) is 1. The lowest BCUT2D eigenvalue weighted by Gasteiger charge is -2.35. The second-order valence-electron chi connectivity index (χ2n) is 4.89. The van der Waals surface area contributed by atoms with Gasteiger partial charge in [-0.1, -0.05) is 34.5 Å². The number of H-pyrrole nitrogens is 1. The maximum atomic E-state index is 11.4. The van der Waals surface area contributed by atoms with Crippen molar-refractivity contribution in [2.45, 2.75) is 24.7 Å². The predicted molar refractivity (Wildman–Crippen MR) is 74.9 cm³/mol. The summed E-state index contributed by atoms with van der Waals surface area (Å²) in [6.45, 7) is 0. The van der Waals surface area contributed by atoms with Gasteiger partial charge in [-0.3, -0.25) is 4.79 Å². The summed E-state index contributed by atoms with van der Waals surface area (Å²) in [6.07, 6.45) is 3.98. The lowest BCUT2D eigenvalue weighted by Crippen LogP contribution is -2.43. The quantitative estimate of drug-likeness (QED) is 0.911. The van der Waals surface area contributed by atoms with Gasteiger partial charge >= 0.3 is 5.97 Å². The molecule has 19 heavy (non-hydrogen) atoms. The first-order valence-electron chi connectivity index (χ1n) is 6.17. The van der Waals surface area contributed by atoms with E-state index < -0.39 is 11.4 Å². The van der Waals surface area contributed by atoms with Crippen molar-refractivity contribution in [1.82, 2.24) is 9.97 Å². The molecule has 0 amide bonds. The summed E-state index contributed by atoms with van der Waals surface area (Å²) in [5.41, 5.74) is 1.06. The second-order valence-corrected chi connectivity index (χ2v) is 5.81. The van der Waals surface area contributed by atoms with Gasteiger partial charge in [-0.05, 0) is 30.5 Å². The Balaban J connectivity index is 1.95. The maximum absolute atomic E-state index is 11.4. The summed E-state index contributed by atoms with van der Waals surface area (Å²) < 4.78 is 1.01. The van der Waals surface area contributed by atoms with E-state index in [1.807, 2.05) is 24.3 Å². The molecule has 1 fully saturated rings. The molecule has 2 N–H and O–H groups in total. The minimum Gasteiger partial charge on any atom is -0.480 e. The molecule has 98 valence electrons. The molecule has 1 aromatic heterocycles. The Morgan fingerprint density at radius 3 is 2.53 bits per heavy atom. The van der Waals surface area contributed by atoms with Gasteiger partial charge in [0, 0.05) is 4.47 Å². The zero-order valence-electron chi connectivity index (χ0n) is 10.2. The van der Waals surface area contributed by atoms with E-state index in [1.54, 1.807) is 6.20 Å². The van der Waals surface area contributed by atoms with Crippen LogP contribution >= 0.6 is 15.9 Å². The summed E-state index contributed by atoms with van der Waals surface area (Å²) in [6, 6.07) is 7.84. The Labute approximate surface area is 119 Å². The summed E-state index contributed by atoms with van der Waals surface area (Å²) in [7, 11) is 0. The van der Waals surface area contributed by atoms with Gasteiger partial charge in [-0.2, -0.15) is 0 Å². The van der Waals surface area contributed by atoms with Crippen LogP contribution in [0.4, 0.5) is 0 Å². The molecule has 0 aliphatic heterocycles. The normalized spacial score (nSPS) is 16.9.